The maximum absolute atomic E-state index is 13.0. The Balaban J connectivity index is 2.11. The predicted octanol–water partition coefficient (Wildman–Crippen LogP) is 2.87. The number of nitrogens with two attached hydrogens (primary N) is 1. The van der Waals surface area contributed by atoms with Gasteiger partial charge in [-0.15, -0.1) is 0 Å². The van der Waals surface area contributed by atoms with Crippen LogP contribution in [0.3, 0.4) is 0 Å². The highest BCUT2D eigenvalue weighted by Gasteiger charge is 2.27. The van der Waals surface area contributed by atoms with Crippen LogP contribution in [0.2, 0.25) is 0 Å². The molecule has 0 aliphatic heterocycles. The van der Waals surface area contributed by atoms with Crippen molar-refractivity contribution in [2.45, 2.75) is 25.3 Å². The number of hydrogen-bond donors (Lipinski definition) is 1. The summed E-state index contributed by atoms with van der Waals surface area (Å²) >= 11 is 3.42. The molecule has 1 saturated carbocycles. The molecule has 1 aliphatic carbocycles. The first-order chi connectivity index (χ1) is 6.66. The minimum atomic E-state index is -0.170. The molecule has 0 spiro atoms. The van der Waals surface area contributed by atoms with Gasteiger partial charge in [0.05, 0.1) is 0 Å². The van der Waals surface area contributed by atoms with Crippen LogP contribution in [-0.2, 0) is 6.42 Å². The van der Waals surface area contributed by atoms with Crippen LogP contribution in [-0.4, -0.2) is 6.04 Å². The van der Waals surface area contributed by atoms with Gasteiger partial charge in [-0.05, 0) is 48.9 Å². The highest BCUT2D eigenvalue weighted by molar-refractivity contribution is 9.10. The van der Waals surface area contributed by atoms with Crippen molar-refractivity contribution in [1.82, 2.24) is 0 Å². The zero-order valence-electron chi connectivity index (χ0n) is 7.84. The second kappa shape index (κ2) is 3.99. The lowest BCUT2D eigenvalue weighted by Gasteiger charge is -2.33. The molecule has 76 valence electrons. The first-order valence-corrected chi connectivity index (χ1v) is 5.65. The Labute approximate surface area is 91.6 Å². The average molecular weight is 258 g/mol. The smallest absolute Gasteiger partial charge is 0.123 e. The fraction of sp³-hybridized carbons (Fsp3) is 0.455. The number of benzene rings is 1. The van der Waals surface area contributed by atoms with E-state index < -0.39 is 0 Å². The van der Waals surface area contributed by atoms with Gasteiger partial charge >= 0.3 is 0 Å². The molecule has 2 atom stereocenters. The Kier molecular flexibility index (Phi) is 2.88. The van der Waals surface area contributed by atoms with Crippen LogP contribution in [0.5, 0.6) is 0 Å². The summed E-state index contributed by atoms with van der Waals surface area (Å²) < 4.78 is 13.9. The van der Waals surface area contributed by atoms with Crippen molar-refractivity contribution >= 4 is 15.9 Å². The monoisotopic (exact) mass is 257 g/mol. The molecule has 1 fully saturated rings. The van der Waals surface area contributed by atoms with E-state index in [-0.39, 0.29) is 5.82 Å². The fourth-order valence-electron chi connectivity index (χ4n) is 1.83. The Bertz CT molecular complexity index is 340. The zero-order valence-corrected chi connectivity index (χ0v) is 9.43. The van der Waals surface area contributed by atoms with Gasteiger partial charge in [-0.2, -0.15) is 0 Å². The topological polar surface area (TPSA) is 26.0 Å². The molecular weight excluding hydrogens is 245 g/mol. The number of halogens is 2. The van der Waals surface area contributed by atoms with Gasteiger partial charge in [-0.25, -0.2) is 4.39 Å². The Morgan fingerprint density at radius 1 is 1.43 bits per heavy atom. The zero-order chi connectivity index (χ0) is 10.1. The van der Waals surface area contributed by atoms with Gasteiger partial charge < -0.3 is 5.73 Å². The summed E-state index contributed by atoms with van der Waals surface area (Å²) in [4.78, 5) is 0. The van der Waals surface area contributed by atoms with E-state index in [0.29, 0.717) is 12.0 Å². The van der Waals surface area contributed by atoms with Gasteiger partial charge in [0, 0.05) is 10.5 Å². The van der Waals surface area contributed by atoms with Gasteiger partial charge in [0.25, 0.3) is 0 Å². The van der Waals surface area contributed by atoms with Crippen LogP contribution in [0.25, 0.3) is 0 Å². The second-order valence-electron chi connectivity index (χ2n) is 3.94. The molecule has 0 saturated heterocycles. The van der Waals surface area contributed by atoms with Crippen molar-refractivity contribution in [3.63, 3.8) is 0 Å². The van der Waals surface area contributed by atoms with E-state index in [0.717, 1.165) is 22.9 Å². The molecule has 2 N–H and O–H groups in total. The van der Waals surface area contributed by atoms with E-state index in [1.165, 1.54) is 12.5 Å². The molecular formula is C11H13BrFN. The van der Waals surface area contributed by atoms with E-state index in [9.17, 15) is 4.39 Å². The fourth-order valence-corrected chi connectivity index (χ4v) is 2.24. The summed E-state index contributed by atoms with van der Waals surface area (Å²) in [6, 6.07) is 5.13. The standard InChI is InChI=1S/C11H13BrFN/c12-10-3-2-9(13)6-8(10)5-7-1-4-11(7)14/h2-3,6-7,11H,1,4-5,14H2. The molecule has 1 nitrogen and oxygen atoms in total. The molecule has 1 aromatic carbocycles. The molecule has 0 heterocycles. The number of rotatable bonds is 2. The van der Waals surface area contributed by atoms with Crippen molar-refractivity contribution in [2.24, 2.45) is 11.7 Å². The third kappa shape index (κ3) is 1.98. The van der Waals surface area contributed by atoms with Gasteiger partial charge in [0.2, 0.25) is 0 Å². The van der Waals surface area contributed by atoms with Crippen LogP contribution in [0.1, 0.15) is 18.4 Å². The molecule has 3 heteroatoms. The third-order valence-electron chi connectivity index (χ3n) is 2.97. The van der Waals surface area contributed by atoms with E-state index in [4.69, 9.17) is 5.73 Å². The lowest BCUT2D eigenvalue weighted by Crippen LogP contribution is -2.40. The van der Waals surface area contributed by atoms with Crippen LogP contribution in [0.4, 0.5) is 4.39 Å². The van der Waals surface area contributed by atoms with E-state index >= 15 is 0 Å². The minimum Gasteiger partial charge on any atom is -0.327 e. The van der Waals surface area contributed by atoms with Crippen LogP contribution >= 0.6 is 15.9 Å². The summed E-state index contributed by atoms with van der Waals surface area (Å²) in [6.45, 7) is 0. The number of hydrogen-bond acceptors (Lipinski definition) is 1. The molecule has 0 amide bonds. The van der Waals surface area contributed by atoms with E-state index in [1.54, 1.807) is 12.1 Å². The predicted molar refractivity (Wildman–Crippen MR) is 58.5 cm³/mol. The van der Waals surface area contributed by atoms with Gasteiger partial charge in [-0.3, -0.25) is 0 Å². The highest BCUT2D eigenvalue weighted by Crippen LogP contribution is 2.31. The molecule has 14 heavy (non-hydrogen) atoms. The lowest BCUT2D eigenvalue weighted by molar-refractivity contribution is 0.255. The normalized spacial score (nSPS) is 25.9. The SMILES string of the molecule is NC1CCC1Cc1cc(F)ccc1Br. The molecule has 0 radical (unpaired) electrons. The summed E-state index contributed by atoms with van der Waals surface area (Å²) in [5.41, 5.74) is 6.88. The van der Waals surface area contributed by atoms with Crippen molar-refractivity contribution in [1.29, 1.82) is 0 Å². The van der Waals surface area contributed by atoms with Gasteiger partial charge in [0.15, 0.2) is 0 Å². The lowest BCUT2D eigenvalue weighted by atomic mass is 9.76. The Morgan fingerprint density at radius 2 is 2.21 bits per heavy atom. The Hall–Kier alpha value is -0.410. The second-order valence-corrected chi connectivity index (χ2v) is 4.80. The minimum absolute atomic E-state index is 0.170. The first-order valence-electron chi connectivity index (χ1n) is 4.86. The van der Waals surface area contributed by atoms with Crippen molar-refractivity contribution in [3.8, 4) is 0 Å². The largest absolute Gasteiger partial charge is 0.327 e. The van der Waals surface area contributed by atoms with Gasteiger partial charge in [-0.1, -0.05) is 15.9 Å². The van der Waals surface area contributed by atoms with Crippen LogP contribution in [0.15, 0.2) is 22.7 Å². The molecule has 2 rings (SSSR count). The summed E-state index contributed by atoms with van der Waals surface area (Å²) in [5.74, 6) is 0.365. The van der Waals surface area contributed by atoms with E-state index in [2.05, 4.69) is 15.9 Å². The summed E-state index contributed by atoms with van der Waals surface area (Å²) in [6.07, 6.45) is 3.17. The van der Waals surface area contributed by atoms with Crippen LogP contribution in [0, 0.1) is 11.7 Å². The van der Waals surface area contributed by atoms with E-state index in [1.807, 2.05) is 0 Å². The van der Waals surface area contributed by atoms with Crippen molar-refractivity contribution < 1.29 is 4.39 Å². The maximum Gasteiger partial charge on any atom is 0.123 e. The summed E-state index contributed by atoms with van der Waals surface area (Å²) in [5, 5.41) is 0. The van der Waals surface area contributed by atoms with Crippen molar-refractivity contribution in [2.75, 3.05) is 0 Å². The average Bonchev–Trinajstić information content (AvgIpc) is 2.17. The summed E-state index contributed by atoms with van der Waals surface area (Å²) in [7, 11) is 0. The molecule has 1 aromatic rings. The van der Waals surface area contributed by atoms with Crippen molar-refractivity contribution in [3.05, 3.63) is 34.1 Å². The highest BCUT2D eigenvalue weighted by atomic mass is 79.9. The Morgan fingerprint density at radius 3 is 2.79 bits per heavy atom. The quantitative estimate of drug-likeness (QED) is 0.867. The molecule has 0 aromatic heterocycles. The molecule has 1 aliphatic rings. The first kappa shape index (κ1) is 10.1. The molecule has 0 bridgehead atoms. The van der Waals surface area contributed by atoms with Crippen LogP contribution < -0.4 is 5.73 Å². The van der Waals surface area contributed by atoms with Gasteiger partial charge in [0.1, 0.15) is 5.82 Å². The molecule has 2 unspecified atom stereocenters. The maximum atomic E-state index is 13.0. The third-order valence-corrected chi connectivity index (χ3v) is 3.74.